The van der Waals surface area contributed by atoms with Crippen molar-refractivity contribution in [2.24, 2.45) is 0 Å². The van der Waals surface area contributed by atoms with E-state index >= 15 is 0 Å². The van der Waals surface area contributed by atoms with Gasteiger partial charge in [-0.05, 0) is 49.6 Å². The number of rotatable bonds is 9. The van der Waals surface area contributed by atoms with E-state index in [9.17, 15) is 23.1 Å². The first-order valence-electron chi connectivity index (χ1n) is 10.9. The molecule has 2 aromatic carbocycles. The summed E-state index contributed by atoms with van der Waals surface area (Å²) in [5, 5.41) is 10.8. The van der Waals surface area contributed by atoms with Crippen molar-refractivity contribution in [3.63, 3.8) is 0 Å². The molecule has 1 aromatic heterocycles. The maximum absolute atomic E-state index is 13.1. The van der Waals surface area contributed by atoms with E-state index in [4.69, 9.17) is 0 Å². The third-order valence-corrected chi connectivity index (χ3v) is 6.92. The second-order valence-electron chi connectivity index (χ2n) is 7.88. The molecule has 2 N–H and O–H groups in total. The Bertz CT molecular complexity index is 1290. The van der Waals surface area contributed by atoms with Gasteiger partial charge in [-0.3, -0.25) is 9.36 Å². The number of sulfonamides is 1. The van der Waals surface area contributed by atoms with Gasteiger partial charge in [-0.2, -0.15) is 4.57 Å². The van der Waals surface area contributed by atoms with E-state index in [0.29, 0.717) is 17.7 Å². The lowest BCUT2D eigenvalue weighted by Crippen LogP contribution is -2.26. The summed E-state index contributed by atoms with van der Waals surface area (Å²) in [6.07, 6.45) is 3.39. The van der Waals surface area contributed by atoms with Crippen molar-refractivity contribution in [3.05, 3.63) is 70.1 Å². The molecule has 3 aromatic rings. The fourth-order valence-electron chi connectivity index (χ4n) is 3.65. The Hall–Kier alpha value is -3.17. The lowest BCUT2D eigenvalue weighted by Gasteiger charge is -2.10. The maximum Gasteiger partial charge on any atom is 0.343 e. The molecule has 176 valence electrons. The molecule has 0 saturated heterocycles. The molecule has 33 heavy (non-hydrogen) atoms. The van der Waals surface area contributed by atoms with E-state index in [1.54, 1.807) is 36.4 Å². The van der Waals surface area contributed by atoms with Gasteiger partial charge < -0.3 is 5.11 Å². The van der Waals surface area contributed by atoms with Crippen LogP contribution in [-0.2, 0) is 22.9 Å². The van der Waals surface area contributed by atoms with Gasteiger partial charge in [0.05, 0.1) is 11.4 Å². The first-order valence-corrected chi connectivity index (χ1v) is 12.5. The number of nitrogens with one attached hydrogen (secondary N) is 1. The molecule has 0 fully saturated rings. The standard InChI is InChI=1S/C24H29N3O5S/c1-4-5-6-18-9-13-21(14-10-18)27-22(23(29)26(17(2)28)24(27)30)20-11-7-19(8-12-20)15-16-33(31,32)25-3/h7-14,25,29H,4-6,15-16H2,1-3H3. The molecule has 8 nitrogen and oxygen atoms in total. The fourth-order valence-corrected chi connectivity index (χ4v) is 4.36. The van der Waals surface area contributed by atoms with Crippen LogP contribution in [0.3, 0.4) is 0 Å². The largest absolute Gasteiger partial charge is 0.493 e. The SMILES string of the molecule is CCCCc1ccc(-n2c(-c3ccc(CCS(=O)(=O)NC)cc3)c(O)n(C(C)=O)c2=O)cc1. The highest BCUT2D eigenvalue weighted by Crippen LogP contribution is 2.31. The van der Waals surface area contributed by atoms with Gasteiger partial charge in [0.15, 0.2) is 0 Å². The zero-order valence-electron chi connectivity index (χ0n) is 19.0. The third kappa shape index (κ3) is 5.43. The minimum atomic E-state index is -3.33. The molecule has 0 spiro atoms. The average Bonchev–Trinajstić information content (AvgIpc) is 3.07. The van der Waals surface area contributed by atoms with Crippen LogP contribution in [-0.4, -0.2) is 41.4 Å². The van der Waals surface area contributed by atoms with Gasteiger partial charge in [0.25, 0.3) is 0 Å². The summed E-state index contributed by atoms with van der Waals surface area (Å²) >= 11 is 0. The molecule has 0 amide bonds. The summed E-state index contributed by atoms with van der Waals surface area (Å²) in [5.74, 6) is -1.08. The van der Waals surface area contributed by atoms with Crippen LogP contribution in [0.4, 0.5) is 0 Å². The van der Waals surface area contributed by atoms with Gasteiger partial charge in [-0.15, -0.1) is 0 Å². The van der Waals surface area contributed by atoms with E-state index in [1.165, 1.54) is 18.5 Å². The molecule has 0 radical (unpaired) electrons. The number of unbranched alkanes of at least 4 members (excludes halogenated alkanes) is 1. The number of hydrogen-bond donors (Lipinski definition) is 2. The number of carbonyl (C=O) groups excluding carboxylic acids is 1. The quantitative estimate of drug-likeness (QED) is 0.498. The van der Waals surface area contributed by atoms with Crippen LogP contribution in [0, 0.1) is 0 Å². The molecule has 0 saturated carbocycles. The van der Waals surface area contributed by atoms with Crippen molar-refractivity contribution in [1.29, 1.82) is 0 Å². The first kappa shape index (κ1) is 24.5. The summed E-state index contributed by atoms with van der Waals surface area (Å²) in [7, 11) is -1.96. The molecule has 9 heteroatoms. The van der Waals surface area contributed by atoms with Gasteiger partial charge >= 0.3 is 5.69 Å². The molecular formula is C24H29N3O5S. The van der Waals surface area contributed by atoms with Gasteiger partial charge in [0.2, 0.25) is 21.8 Å². The number of nitrogens with zero attached hydrogens (tertiary/aromatic N) is 2. The van der Waals surface area contributed by atoms with Crippen LogP contribution in [0.15, 0.2) is 53.3 Å². The number of benzene rings is 2. The molecule has 0 atom stereocenters. The van der Waals surface area contributed by atoms with Crippen LogP contribution >= 0.6 is 0 Å². The van der Waals surface area contributed by atoms with E-state index in [1.807, 2.05) is 12.1 Å². The van der Waals surface area contributed by atoms with Gasteiger partial charge in [0, 0.05) is 12.5 Å². The third-order valence-electron chi connectivity index (χ3n) is 5.56. The molecule has 0 unspecified atom stereocenters. The second-order valence-corrected chi connectivity index (χ2v) is 9.93. The highest BCUT2D eigenvalue weighted by molar-refractivity contribution is 7.89. The van der Waals surface area contributed by atoms with Crippen molar-refractivity contribution in [1.82, 2.24) is 13.9 Å². The van der Waals surface area contributed by atoms with E-state index < -0.39 is 27.5 Å². The first-order chi connectivity index (χ1) is 15.7. The molecule has 1 heterocycles. The van der Waals surface area contributed by atoms with Crippen LogP contribution in [0.25, 0.3) is 16.9 Å². The Balaban J connectivity index is 2.04. The van der Waals surface area contributed by atoms with Crippen LogP contribution in [0.5, 0.6) is 5.88 Å². The highest BCUT2D eigenvalue weighted by Gasteiger charge is 2.24. The number of aromatic hydroxyl groups is 1. The van der Waals surface area contributed by atoms with E-state index in [2.05, 4.69) is 11.6 Å². The van der Waals surface area contributed by atoms with Crippen LogP contribution < -0.4 is 10.4 Å². The Morgan fingerprint density at radius 3 is 2.12 bits per heavy atom. The summed E-state index contributed by atoms with van der Waals surface area (Å²) in [4.78, 5) is 25.1. The fraction of sp³-hybridized carbons (Fsp3) is 0.333. The number of hydrogen-bond acceptors (Lipinski definition) is 5. The summed E-state index contributed by atoms with van der Waals surface area (Å²) in [6.45, 7) is 3.34. The summed E-state index contributed by atoms with van der Waals surface area (Å²) in [5.41, 5.74) is 2.55. The van der Waals surface area contributed by atoms with Crippen molar-refractivity contribution >= 4 is 15.9 Å². The molecule has 0 aliphatic rings. The minimum absolute atomic E-state index is 0.0517. The van der Waals surface area contributed by atoms with Crippen molar-refractivity contribution in [2.75, 3.05) is 12.8 Å². The second kappa shape index (κ2) is 10.2. The Morgan fingerprint density at radius 1 is 1.00 bits per heavy atom. The lowest BCUT2D eigenvalue weighted by molar-refractivity contribution is 0.0923. The van der Waals surface area contributed by atoms with Gasteiger partial charge in [-0.1, -0.05) is 49.7 Å². The molecule has 0 aliphatic carbocycles. The normalized spacial score (nSPS) is 11.6. The van der Waals surface area contributed by atoms with Crippen molar-refractivity contribution < 1.29 is 18.3 Å². The Morgan fingerprint density at radius 2 is 1.58 bits per heavy atom. The molecule has 0 aliphatic heterocycles. The van der Waals surface area contributed by atoms with Crippen molar-refractivity contribution in [3.8, 4) is 22.8 Å². The Kier molecular flexibility index (Phi) is 7.55. The predicted molar refractivity (Wildman–Crippen MR) is 129 cm³/mol. The summed E-state index contributed by atoms with van der Waals surface area (Å²) in [6, 6.07) is 14.4. The Labute approximate surface area is 193 Å². The van der Waals surface area contributed by atoms with Gasteiger partial charge in [-0.25, -0.2) is 17.9 Å². The smallest absolute Gasteiger partial charge is 0.343 e. The molecule has 0 bridgehead atoms. The van der Waals surface area contributed by atoms with E-state index in [0.717, 1.165) is 35.0 Å². The predicted octanol–water partition coefficient (Wildman–Crippen LogP) is 3.11. The summed E-state index contributed by atoms with van der Waals surface area (Å²) < 4.78 is 27.7. The van der Waals surface area contributed by atoms with Crippen molar-refractivity contribution in [2.45, 2.75) is 39.5 Å². The van der Waals surface area contributed by atoms with Crippen LogP contribution in [0.2, 0.25) is 0 Å². The maximum atomic E-state index is 13.1. The monoisotopic (exact) mass is 471 g/mol. The minimum Gasteiger partial charge on any atom is -0.493 e. The number of aromatic nitrogens is 2. The van der Waals surface area contributed by atoms with Crippen LogP contribution in [0.1, 0.15) is 42.6 Å². The highest BCUT2D eigenvalue weighted by atomic mass is 32.2. The number of imidazole rings is 1. The molecule has 3 rings (SSSR count). The zero-order chi connectivity index (χ0) is 24.2. The number of aryl methyl sites for hydroxylation is 2. The number of carbonyl (C=O) groups is 1. The average molecular weight is 472 g/mol. The van der Waals surface area contributed by atoms with E-state index in [-0.39, 0.29) is 11.4 Å². The van der Waals surface area contributed by atoms with Gasteiger partial charge in [0.1, 0.15) is 5.69 Å². The lowest BCUT2D eigenvalue weighted by atomic mass is 10.1. The molecular weight excluding hydrogens is 442 g/mol. The topological polar surface area (TPSA) is 110 Å². The zero-order valence-corrected chi connectivity index (χ0v) is 19.9.